The Balaban J connectivity index is 2.18. The normalized spacial score (nSPS) is 10.1. The minimum absolute atomic E-state index is 0.239. The second-order valence-electron chi connectivity index (χ2n) is 3.81. The Morgan fingerprint density at radius 3 is 2.58 bits per heavy atom. The lowest BCUT2D eigenvalue weighted by Gasteiger charge is -2.07. The molecule has 0 aliphatic rings. The van der Waals surface area contributed by atoms with E-state index in [1.54, 1.807) is 49.6 Å². The molecule has 1 amide bonds. The van der Waals surface area contributed by atoms with Crippen LogP contribution in [-0.4, -0.2) is 13.0 Å². The van der Waals surface area contributed by atoms with E-state index in [4.69, 9.17) is 27.9 Å². The van der Waals surface area contributed by atoms with Crippen LogP contribution >= 0.6 is 23.2 Å². The van der Waals surface area contributed by atoms with Crippen molar-refractivity contribution in [3.63, 3.8) is 0 Å². The van der Waals surface area contributed by atoms with Gasteiger partial charge in [-0.25, -0.2) is 0 Å². The molecule has 1 N–H and O–H groups in total. The Bertz CT molecular complexity index is 614. The number of hydrogen-bond donors (Lipinski definition) is 1. The van der Waals surface area contributed by atoms with Crippen molar-refractivity contribution in [2.75, 3.05) is 12.4 Å². The third kappa shape index (κ3) is 3.40. The van der Waals surface area contributed by atoms with Gasteiger partial charge in [0.1, 0.15) is 5.75 Å². The van der Waals surface area contributed by atoms with Crippen LogP contribution in [0.25, 0.3) is 0 Å². The second-order valence-corrected chi connectivity index (χ2v) is 4.63. The van der Waals surface area contributed by atoms with Gasteiger partial charge >= 0.3 is 0 Å². The fourth-order valence-electron chi connectivity index (χ4n) is 1.54. The lowest BCUT2D eigenvalue weighted by atomic mass is 10.2. The van der Waals surface area contributed by atoms with E-state index < -0.39 is 0 Å². The Hall–Kier alpha value is -1.71. The highest BCUT2D eigenvalue weighted by Gasteiger charge is 2.08. The van der Waals surface area contributed by atoms with Gasteiger partial charge in [0.05, 0.1) is 17.2 Å². The minimum Gasteiger partial charge on any atom is -0.497 e. The number of rotatable bonds is 3. The largest absolute Gasteiger partial charge is 0.497 e. The lowest BCUT2D eigenvalue weighted by Crippen LogP contribution is -2.11. The predicted octanol–water partition coefficient (Wildman–Crippen LogP) is 4.25. The summed E-state index contributed by atoms with van der Waals surface area (Å²) in [7, 11) is 1.55. The van der Waals surface area contributed by atoms with E-state index in [1.165, 1.54) is 0 Å². The number of hydrogen-bond acceptors (Lipinski definition) is 2. The molecular weight excluding hydrogens is 285 g/mol. The van der Waals surface area contributed by atoms with Gasteiger partial charge in [0, 0.05) is 11.3 Å². The zero-order chi connectivity index (χ0) is 13.8. The fourth-order valence-corrected chi connectivity index (χ4v) is 1.84. The molecule has 0 fully saturated rings. The second kappa shape index (κ2) is 5.95. The zero-order valence-corrected chi connectivity index (χ0v) is 11.6. The molecule has 0 saturated carbocycles. The van der Waals surface area contributed by atoms with Crippen LogP contribution in [0.4, 0.5) is 5.69 Å². The Morgan fingerprint density at radius 1 is 1.11 bits per heavy atom. The van der Waals surface area contributed by atoms with E-state index in [0.717, 1.165) is 0 Å². The molecule has 98 valence electrons. The number of ether oxygens (including phenoxy) is 1. The van der Waals surface area contributed by atoms with Crippen molar-refractivity contribution in [3.8, 4) is 5.75 Å². The Kier molecular flexibility index (Phi) is 4.30. The van der Waals surface area contributed by atoms with Crippen LogP contribution in [0.5, 0.6) is 5.75 Å². The summed E-state index contributed by atoms with van der Waals surface area (Å²) in [6, 6.07) is 11.8. The van der Waals surface area contributed by atoms with Crippen molar-refractivity contribution in [1.82, 2.24) is 0 Å². The third-order valence-electron chi connectivity index (χ3n) is 2.51. The first-order valence-corrected chi connectivity index (χ1v) is 6.26. The van der Waals surface area contributed by atoms with Crippen molar-refractivity contribution in [2.24, 2.45) is 0 Å². The average molecular weight is 296 g/mol. The number of carbonyl (C=O) groups is 1. The van der Waals surface area contributed by atoms with E-state index >= 15 is 0 Å². The van der Waals surface area contributed by atoms with E-state index in [9.17, 15) is 4.79 Å². The number of benzene rings is 2. The SMILES string of the molecule is COc1cccc(C(=O)Nc2ccc(Cl)c(Cl)c2)c1. The molecule has 2 aromatic carbocycles. The number of methoxy groups -OCH3 is 1. The van der Waals surface area contributed by atoms with Gasteiger partial charge in [-0.1, -0.05) is 29.3 Å². The first kappa shape index (κ1) is 13.7. The molecule has 0 aliphatic heterocycles. The van der Waals surface area contributed by atoms with Crippen molar-refractivity contribution in [1.29, 1.82) is 0 Å². The van der Waals surface area contributed by atoms with Crippen LogP contribution in [0, 0.1) is 0 Å². The summed E-state index contributed by atoms with van der Waals surface area (Å²) < 4.78 is 5.07. The molecule has 0 bridgehead atoms. The van der Waals surface area contributed by atoms with Crippen LogP contribution in [-0.2, 0) is 0 Å². The highest BCUT2D eigenvalue weighted by atomic mass is 35.5. The van der Waals surface area contributed by atoms with Gasteiger partial charge in [-0.3, -0.25) is 4.79 Å². The van der Waals surface area contributed by atoms with Gasteiger partial charge in [-0.05, 0) is 36.4 Å². The highest BCUT2D eigenvalue weighted by molar-refractivity contribution is 6.42. The van der Waals surface area contributed by atoms with Gasteiger partial charge in [-0.2, -0.15) is 0 Å². The lowest BCUT2D eigenvalue weighted by molar-refractivity contribution is 0.102. The van der Waals surface area contributed by atoms with Crippen molar-refractivity contribution in [2.45, 2.75) is 0 Å². The van der Waals surface area contributed by atoms with Crippen molar-refractivity contribution in [3.05, 3.63) is 58.1 Å². The molecule has 0 aliphatic carbocycles. The molecule has 0 aromatic heterocycles. The summed E-state index contributed by atoms with van der Waals surface area (Å²) in [4.78, 5) is 12.0. The molecule has 0 spiro atoms. The predicted molar refractivity (Wildman–Crippen MR) is 77.4 cm³/mol. The summed E-state index contributed by atoms with van der Waals surface area (Å²) in [5.41, 5.74) is 1.09. The molecule has 5 heteroatoms. The maximum absolute atomic E-state index is 12.0. The smallest absolute Gasteiger partial charge is 0.255 e. The summed E-state index contributed by atoms with van der Waals surface area (Å²) in [6.07, 6.45) is 0. The molecule has 0 heterocycles. The number of nitrogens with one attached hydrogen (secondary N) is 1. The molecule has 0 unspecified atom stereocenters. The summed E-state index contributed by atoms with van der Waals surface area (Å²) in [5, 5.41) is 3.58. The summed E-state index contributed by atoms with van der Waals surface area (Å²) in [6.45, 7) is 0. The van der Waals surface area contributed by atoms with Crippen molar-refractivity contribution >= 4 is 34.8 Å². The van der Waals surface area contributed by atoms with Gasteiger partial charge in [0.15, 0.2) is 0 Å². The quantitative estimate of drug-likeness (QED) is 0.919. The molecule has 0 atom stereocenters. The topological polar surface area (TPSA) is 38.3 Å². The first-order valence-electron chi connectivity index (χ1n) is 5.50. The van der Waals surface area contributed by atoms with Gasteiger partial charge < -0.3 is 10.1 Å². The number of anilines is 1. The number of carbonyl (C=O) groups excluding carboxylic acids is 1. The number of amides is 1. The average Bonchev–Trinajstić information content (AvgIpc) is 2.43. The van der Waals surface area contributed by atoms with Crippen LogP contribution in [0.1, 0.15) is 10.4 Å². The maximum atomic E-state index is 12.0. The van der Waals surface area contributed by atoms with Gasteiger partial charge in [-0.15, -0.1) is 0 Å². The van der Waals surface area contributed by atoms with Crippen LogP contribution in [0.2, 0.25) is 10.0 Å². The van der Waals surface area contributed by atoms with Crippen LogP contribution < -0.4 is 10.1 Å². The van der Waals surface area contributed by atoms with Gasteiger partial charge in [0.2, 0.25) is 0 Å². The Labute approximate surface area is 121 Å². The fraction of sp³-hybridized carbons (Fsp3) is 0.0714. The van der Waals surface area contributed by atoms with Crippen molar-refractivity contribution < 1.29 is 9.53 Å². The first-order chi connectivity index (χ1) is 9.10. The Morgan fingerprint density at radius 2 is 1.89 bits per heavy atom. The molecular formula is C14H11Cl2NO2. The monoisotopic (exact) mass is 295 g/mol. The molecule has 0 saturated heterocycles. The molecule has 2 aromatic rings. The van der Waals surface area contributed by atoms with E-state index in [0.29, 0.717) is 27.0 Å². The molecule has 19 heavy (non-hydrogen) atoms. The maximum Gasteiger partial charge on any atom is 0.255 e. The van der Waals surface area contributed by atoms with E-state index in [1.807, 2.05) is 0 Å². The van der Waals surface area contributed by atoms with Gasteiger partial charge in [0.25, 0.3) is 5.91 Å². The van der Waals surface area contributed by atoms with E-state index in [2.05, 4.69) is 5.32 Å². The number of halogens is 2. The highest BCUT2D eigenvalue weighted by Crippen LogP contribution is 2.25. The molecule has 0 radical (unpaired) electrons. The van der Waals surface area contributed by atoms with Crippen LogP contribution in [0.3, 0.4) is 0 Å². The minimum atomic E-state index is -0.239. The standard InChI is InChI=1S/C14H11Cl2NO2/c1-19-11-4-2-3-9(7-11)14(18)17-10-5-6-12(15)13(16)8-10/h2-8H,1H3,(H,17,18). The third-order valence-corrected chi connectivity index (χ3v) is 3.25. The zero-order valence-electron chi connectivity index (χ0n) is 10.1. The van der Waals surface area contributed by atoms with Crippen LogP contribution in [0.15, 0.2) is 42.5 Å². The molecule has 3 nitrogen and oxygen atoms in total. The summed E-state index contributed by atoms with van der Waals surface area (Å²) in [5.74, 6) is 0.388. The summed E-state index contributed by atoms with van der Waals surface area (Å²) >= 11 is 11.7. The van der Waals surface area contributed by atoms with E-state index in [-0.39, 0.29) is 5.91 Å². The molecule has 2 rings (SSSR count).